The lowest BCUT2D eigenvalue weighted by atomic mass is 9.98. The van der Waals surface area contributed by atoms with Crippen LogP contribution < -0.4 is 11.1 Å². The van der Waals surface area contributed by atoms with E-state index in [0.29, 0.717) is 23.6 Å². The lowest BCUT2D eigenvalue weighted by Crippen LogP contribution is -2.06. The van der Waals surface area contributed by atoms with Crippen LogP contribution in [0.4, 0.5) is 11.6 Å². The van der Waals surface area contributed by atoms with Gasteiger partial charge in [0.05, 0.1) is 11.6 Å². The fourth-order valence-electron chi connectivity index (χ4n) is 4.64. The van der Waals surface area contributed by atoms with E-state index in [1.165, 1.54) is 18.9 Å². The number of carbonyl (C=O) groups excluding carboxylic acids is 1. The van der Waals surface area contributed by atoms with E-state index in [2.05, 4.69) is 43.2 Å². The number of nitrogens with zero attached hydrogens (tertiary/aromatic N) is 5. The molecule has 4 heterocycles. The van der Waals surface area contributed by atoms with Crippen molar-refractivity contribution in [2.24, 2.45) is 5.92 Å². The van der Waals surface area contributed by atoms with E-state index < -0.39 is 0 Å². The summed E-state index contributed by atoms with van der Waals surface area (Å²) < 4.78 is 4.21. The summed E-state index contributed by atoms with van der Waals surface area (Å²) >= 11 is 0. The van der Waals surface area contributed by atoms with Crippen molar-refractivity contribution < 1.29 is 4.79 Å². The second-order valence-corrected chi connectivity index (χ2v) is 8.20. The van der Waals surface area contributed by atoms with Gasteiger partial charge in [-0.15, -0.1) is 0 Å². The molecule has 1 fully saturated rings. The van der Waals surface area contributed by atoms with Crippen LogP contribution in [0.3, 0.4) is 0 Å². The monoisotopic (exact) mass is 403 g/mol. The van der Waals surface area contributed by atoms with Crippen molar-refractivity contribution >= 4 is 34.2 Å². The number of pyridine rings is 1. The normalized spacial score (nSPS) is 19.0. The quantitative estimate of drug-likeness (QED) is 0.530. The number of hydrogen-bond acceptors (Lipinski definition) is 5. The van der Waals surface area contributed by atoms with Crippen molar-refractivity contribution in [2.45, 2.75) is 45.1 Å². The van der Waals surface area contributed by atoms with Gasteiger partial charge in [-0.05, 0) is 61.8 Å². The van der Waals surface area contributed by atoms with Gasteiger partial charge in [-0.3, -0.25) is 4.79 Å². The third-order valence-corrected chi connectivity index (χ3v) is 6.12. The molecule has 4 aromatic heterocycles. The molecule has 0 unspecified atom stereocenters. The Morgan fingerprint density at radius 2 is 2.17 bits per heavy atom. The number of aryl methyl sites for hydroxylation is 1. The number of amides is 1. The van der Waals surface area contributed by atoms with Crippen LogP contribution >= 0.6 is 0 Å². The first kappa shape index (κ1) is 18.6. The number of nitrogens with two attached hydrogens (primary N) is 1. The fraction of sp³-hybridized carbons (Fsp3) is 0.364. The SMILES string of the molecule is CC(=O)Nc1cn2ccc(CC[C@@H]3CC[C@H](n4ccc5c(N)ncnc54)C3)cc2n1. The Bertz CT molecular complexity index is 1220. The first-order chi connectivity index (χ1) is 14.6. The molecule has 8 nitrogen and oxygen atoms in total. The Hall–Kier alpha value is -3.42. The van der Waals surface area contributed by atoms with Gasteiger partial charge in [-0.1, -0.05) is 0 Å². The van der Waals surface area contributed by atoms with Crippen LogP contribution in [-0.4, -0.2) is 29.8 Å². The number of anilines is 2. The summed E-state index contributed by atoms with van der Waals surface area (Å²) in [5.41, 5.74) is 9.05. The fourth-order valence-corrected chi connectivity index (χ4v) is 4.64. The molecular formula is C22H25N7O. The molecular weight excluding hydrogens is 378 g/mol. The van der Waals surface area contributed by atoms with Gasteiger partial charge in [0.1, 0.15) is 23.4 Å². The van der Waals surface area contributed by atoms with E-state index in [0.717, 1.165) is 42.4 Å². The van der Waals surface area contributed by atoms with E-state index in [1.807, 2.05) is 22.9 Å². The molecule has 1 amide bonds. The molecule has 30 heavy (non-hydrogen) atoms. The van der Waals surface area contributed by atoms with Crippen molar-refractivity contribution in [1.29, 1.82) is 0 Å². The average Bonchev–Trinajstić information content (AvgIpc) is 3.43. The summed E-state index contributed by atoms with van der Waals surface area (Å²) in [6, 6.07) is 6.73. The second-order valence-electron chi connectivity index (χ2n) is 8.20. The third kappa shape index (κ3) is 3.49. The highest BCUT2D eigenvalue weighted by atomic mass is 16.1. The van der Waals surface area contributed by atoms with Crippen molar-refractivity contribution in [1.82, 2.24) is 23.9 Å². The molecule has 2 atom stereocenters. The molecule has 0 spiro atoms. The van der Waals surface area contributed by atoms with Gasteiger partial charge in [0, 0.05) is 25.4 Å². The van der Waals surface area contributed by atoms with Crippen LogP contribution in [0.5, 0.6) is 0 Å². The van der Waals surface area contributed by atoms with Crippen LogP contribution in [0.15, 0.2) is 43.1 Å². The molecule has 3 N–H and O–H groups in total. The van der Waals surface area contributed by atoms with E-state index in [4.69, 9.17) is 5.73 Å². The highest BCUT2D eigenvalue weighted by molar-refractivity contribution is 5.88. The van der Waals surface area contributed by atoms with Crippen molar-refractivity contribution in [3.8, 4) is 0 Å². The van der Waals surface area contributed by atoms with Crippen LogP contribution in [-0.2, 0) is 11.2 Å². The van der Waals surface area contributed by atoms with Gasteiger partial charge >= 0.3 is 0 Å². The minimum absolute atomic E-state index is 0.112. The first-order valence-electron chi connectivity index (χ1n) is 10.4. The summed E-state index contributed by atoms with van der Waals surface area (Å²) in [7, 11) is 0. The molecule has 0 saturated heterocycles. The molecule has 154 valence electrons. The lowest BCUT2D eigenvalue weighted by molar-refractivity contribution is -0.114. The minimum atomic E-state index is -0.112. The predicted molar refractivity (Wildman–Crippen MR) is 116 cm³/mol. The van der Waals surface area contributed by atoms with Gasteiger partial charge < -0.3 is 20.0 Å². The largest absolute Gasteiger partial charge is 0.383 e. The van der Waals surface area contributed by atoms with Gasteiger partial charge in [0.2, 0.25) is 5.91 Å². The molecule has 1 aliphatic carbocycles. The summed E-state index contributed by atoms with van der Waals surface area (Å²) in [4.78, 5) is 24.3. The van der Waals surface area contributed by atoms with Gasteiger partial charge in [-0.2, -0.15) is 0 Å². The molecule has 8 heteroatoms. The van der Waals surface area contributed by atoms with Crippen LogP contribution in [0.1, 0.15) is 44.2 Å². The predicted octanol–water partition coefficient (Wildman–Crippen LogP) is 3.59. The maximum atomic E-state index is 11.2. The van der Waals surface area contributed by atoms with E-state index in [9.17, 15) is 4.79 Å². The van der Waals surface area contributed by atoms with E-state index >= 15 is 0 Å². The average molecular weight is 403 g/mol. The summed E-state index contributed by atoms with van der Waals surface area (Å²) in [6.45, 7) is 1.49. The zero-order chi connectivity index (χ0) is 20.7. The third-order valence-electron chi connectivity index (χ3n) is 6.12. The maximum Gasteiger partial charge on any atom is 0.222 e. The Balaban J connectivity index is 1.24. The molecule has 0 bridgehead atoms. The lowest BCUT2D eigenvalue weighted by Gasteiger charge is -2.14. The van der Waals surface area contributed by atoms with Gasteiger partial charge in [-0.25, -0.2) is 15.0 Å². The highest BCUT2D eigenvalue weighted by Crippen LogP contribution is 2.39. The molecule has 1 saturated carbocycles. The first-order valence-corrected chi connectivity index (χ1v) is 10.4. The van der Waals surface area contributed by atoms with Crippen LogP contribution in [0.2, 0.25) is 0 Å². The van der Waals surface area contributed by atoms with E-state index in [1.54, 1.807) is 6.33 Å². The Morgan fingerprint density at radius 3 is 3.03 bits per heavy atom. The van der Waals surface area contributed by atoms with E-state index in [-0.39, 0.29) is 5.91 Å². The minimum Gasteiger partial charge on any atom is -0.383 e. The van der Waals surface area contributed by atoms with Crippen molar-refractivity contribution in [3.05, 3.63) is 48.7 Å². The number of nitrogen functional groups attached to an aromatic ring is 1. The smallest absolute Gasteiger partial charge is 0.222 e. The van der Waals surface area contributed by atoms with Gasteiger partial charge in [0.25, 0.3) is 0 Å². The Kier molecular flexibility index (Phi) is 4.61. The standard InChI is InChI=1S/C22H25N7O/c1-14(30)26-19-12-28-8-6-16(11-20(28)27-19)3-2-15-4-5-17(10-15)29-9-7-18-21(23)24-13-25-22(18)29/h6-9,11-13,15,17H,2-5,10H2,1H3,(H,26,30)(H2,23,24,25)/t15-,17+/m1/s1. The molecule has 0 radical (unpaired) electrons. The van der Waals surface area contributed by atoms with Crippen LogP contribution in [0.25, 0.3) is 16.7 Å². The van der Waals surface area contributed by atoms with Crippen LogP contribution in [0, 0.1) is 5.92 Å². The zero-order valence-electron chi connectivity index (χ0n) is 17.0. The molecule has 4 aromatic rings. The maximum absolute atomic E-state index is 11.2. The van der Waals surface area contributed by atoms with Crippen molar-refractivity contribution in [3.63, 3.8) is 0 Å². The highest BCUT2D eigenvalue weighted by Gasteiger charge is 2.27. The van der Waals surface area contributed by atoms with Gasteiger partial charge in [0.15, 0.2) is 5.82 Å². The molecule has 0 aromatic carbocycles. The number of aromatic nitrogens is 5. The Morgan fingerprint density at radius 1 is 1.27 bits per heavy atom. The summed E-state index contributed by atoms with van der Waals surface area (Å²) in [5.74, 6) is 1.71. The van der Waals surface area contributed by atoms with Crippen molar-refractivity contribution in [2.75, 3.05) is 11.1 Å². The zero-order valence-corrected chi connectivity index (χ0v) is 17.0. The number of hydrogen-bond donors (Lipinski definition) is 2. The number of nitrogens with one attached hydrogen (secondary N) is 1. The Labute approximate surface area is 174 Å². The molecule has 1 aliphatic rings. The molecule has 0 aliphatic heterocycles. The number of fused-ring (bicyclic) bond motifs is 2. The summed E-state index contributed by atoms with van der Waals surface area (Å²) in [5, 5.41) is 3.67. The topological polar surface area (TPSA) is 103 Å². The second kappa shape index (κ2) is 7.44. The molecule has 5 rings (SSSR count). The number of rotatable bonds is 5. The summed E-state index contributed by atoms with van der Waals surface area (Å²) in [6.07, 6.45) is 13.2. The number of imidazole rings is 1. The number of carbonyl (C=O) groups is 1.